The van der Waals surface area contributed by atoms with Gasteiger partial charge in [0.25, 0.3) is 0 Å². The number of hydrogen-bond acceptors (Lipinski definition) is 6. The Hall–Kier alpha value is -3.86. The van der Waals surface area contributed by atoms with Gasteiger partial charge in [0.15, 0.2) is 0 Å². The summed E-state index contributed by atoms with van der Waals surface area (Å²) in [5, 5.41) is 15.6. The number of amides is 2. The quantitative estimate of drug-likeness (QED) is 0.0793. The number of H-pyrrole nitrogens is 1. The lowest BCUT2D eigenvalue weighted by Gasteiger charge is -2.21. The second-order valence-corrected chi connectivity index (χ2v) is 13.2. The van der Waals surface area contributed by atoms with E-state index in [1.165, 1.54) is 0 Å². The Balaban J connectivity index is 1.49. The summed E-state index contributed by atoms with van der Waals surface area (Å²) in [6.07, 6.45) is -1.62. The highest BCUT2D eigenvalue weighted by atomic mass is 35.5. The number of aliphatic imine (C=N–C) groups is 1. The van der Waals surface area contributed by atoms with Crippen molar-refractivity contribution >= 4 is 91.8 Å². The molecule has 10 nitrogen and oxygen atoms in total. The molecule has 44 heavy (non-hydrogen) atoms. The molecule has 4 aromatic rings. The minimum Gasteiger partial charge on any atom is -0.444 e. The van der Waals surface area contributed by atoms with Crippen molar-refractivity contribution in [2.75, 3.05) is 23.7 Å². The van der Waals surface area contributed by atoms with Crippen LogP contribution in [-0.2, 0) is 9.47 Å². The second-order valence-electron chi connectivity index (χ2n) is 11.9. The Morgan fingerprint density at radius 3 is 2.18 bits per heavy atom. The molecule has 0 saturated heterocycles. The molecule has 0 aliphatic rings. The molecule has 234 valence electrons. The fourth-order valence-electron chi connectivity index (χ4n) is 4.19. The zero-order valence-electron chi connectivity index (χ0n) is 25.2. The van der Waals surface area contributed by atoms with Crippen LogP contribution in [0.1, 0.15) is 41.5 Å². The van der Waals surface area contributed by atoms with Crippen LogP contribution in [0.4, 0.5) is 26.7 Å². The second kappa shape index (κ2) is 13.4. The van der Waals surface area contributed by atoms with Crippen LogP contribution >= 0.6 is 34.8 Å². The maximum atomic E-state index is 12.4. The molecule has 0 spiro atoms. The maximum Gasteiger partial charge on any atom is 0.437 e. The number of carbonyl (C=O) groups is 2. The Morgan fingerprint density at radius 1 is 0.818 bits per heavy atom. The molecule has 0 fully saturated rings. The number of aromatic nitrogens is 1. The van der Waals surface area contributed by atoms with Crippen LogP contribution in [0, 0.1) is 0 Å². The Kier molecular flexibility index (Phi) is 10.1. The van der Waals surface area contributed by atoms with Gasteiger partial charge in [0.2, 0.25) is 5.96 Å². The summed E-state index contributed by atoms with van der Waals surface area (Å²) in [5.74, 6) is -0.0980. The van der Waals surface area contributed by atoms with E-state index in [-0.39, 0.29) is 12.5 Å². The molecule has 2 amide bonds. The number of ether oxygens (including phenoxy) is 2. The van der Waals surface area contributed by atoms with Crippen LogP contribution in [0.3, 0.4) is 0 Å². The van der Waals surface area contributed by atoms with Crippen molar-refractivity contribution in [3.05, 3.63) is 63.6 Å². The molecule has 1 heterocycles. The number of halogens is 3. The number of nitrogens with one attached hydrogen (secondary N) is 5. The summed E-state index contributed by atoms with van der Waals surface area (Å²) in [5.41, 5.74) is 2.75. The smallest absolute Gasteiger partial charge is 0.437 e. The third-order valence-corrected chi connectivity index (χ3v) is 6.79. The van der Waals surface area contributed by atoms with Crippen molar-refractivity contribution in [1.29, 1.82) is 0 Å². The largest absolute Gasteiger partial charge is 0.444 e. The predicted octanol–water partition coefficient (Wildman–Crippen LogP) is 8.84. The van der Waals surface area contributed by atoms with Gasteiger partial charge in [-0.05, 0) is 90.1 Å². The minimum atomic E-state index is -0.855. The van der Waals surface area contributed by atoms with Gasteiger partial charge in [0, 0.05) is 45.8 Å². The van der Waals surface area contributed by atoms with E-state index < -0.39 is 23.4 Å². The summed E-state index contributed by atoms with van der Waals surface area (Å²) in [4.78, 5) is 32.0. The molecule has 3 aromatic carbocycles. The number of nitrogens with zero attached hydrogens (tertiary/aromatic N) is 1. The van der Waals surface area contributed by atoms with Gasteiger partial charge in [0.1, 0.15) is 11.2 Å². The zero-order chi connectivity index (χ0) is 32.2. The summed E-state index contributed by atoms with van der Waals surface area (Å²) in [6.45, 7) is 11.0. The van der Waals surface area contributed by atoms with E-state index >= 15 is 0 Å². The Bertz CT molecular complexity index is 1720. The van der Waals surface area contributed by atoms with Gasteiger partial charge in [0.05, 0.1) is 21.2 Å². The lowest BCUT2D eigenvalue weighted by atomic mass is 10.1. The molecule has 5 N–H and O–H groups in total. The lowest BCUT2D eigenvalue weighted by molar-refractivity contribution is 0.0560. The van der Waals surface area contributed by atoms with Crippen LogP contribution in [0.15, 0.2) is 53.5 Å². The molecular weight excluding hydrogens is 627 g/mol. The fourth-order valence-corrected chi connectivity index (χ4v) is 4.70. The van der Waals surface area contributed by atoms with Crippen molar-refractivity contribution in [2.45, 2.75) is 52.7 Å². The van der Waals surface area contributed by atoms with Gasteiger partial charge in [-0.1, -0.05) is 34.8 Å². The molecule has 0 atom stereocenters. The first-order valence-electron chi connectivity index (χ1n) is 13.8. The number of anilines is 3. The van der Waals surface area contributed by atoms with E-state index in [0.717, 1.165) is 38.9 Å². The van der Waals surface area contributed by atoms with Gasteiger partial charge in [-0.2, -0.15) is 0 Å². The first-order valence-corrected chi connectivity index (χ1v) is 15.0. The van der Waals surface area contributed by atoms with Crippen molar-refractivity contribution in [1.82, 2.24) is 15.6 Å². The monoisotopic (exact) mass is 660 g/mol. The predicted molar refractivity (Wildman–Crippen MR) is 180 cm³/mol. The van der Waals surface area contributed by atoms with Crippen molar-refractivity contribution in [2.24, 2.45) is 4.99 Å². The molecule has 0 bridgehead atoms. The number of fused-ring (bicyclic) bond motifs is 3. The number of alkyl carbamates (subject to hydrolysis) is 1. The molecule has 0 saturated carbocycles. The number of hydrogen-bond donors (Lipinski definition) is 5. The summed E-state index contributed by atoms with van der Waals surface area (Å²) in [7, 11) is 0. The van der Waals surface area contributed by atoms with Crippen LogP contribution < -0.4 is 21.3 Å². The minimum absolute atomic E-state index is 0.0980. The van der Waals surface area contributed by atoms with Gasteiger partial charge in [-0.15, -0.1) is 4.99 Å². The third-order valence-electron chi connectivity index (χ3n) is 5.83. The molecule has 1 aromatic heterocycles. The van der Waals surface area contributed by atoms with Crippen LogP contribution in [0.2, 0.25) is 15.1 Å². The molecule has 0 aliphatic carbocycles. The highest BCUT2D eigenvalue weighted by Gasteiger charge is 2.20. The molecular formula is C31H35Cl3N6O4. The lowest BCUT2D eigenvalue weighted by Crippen LogP contribution is -2.45. The number of guanidine groups is 1. The third kappa shape index (κ3) is 9.32. The maximum absolute atomic E-state index is 12.4. The number of benzene rings is 3. The highest BCUT2D eigenvalue weighted by molar-refractivity contribution is 6.42. The van der Waals surface area contributed by atoms with E-state index in [0.29, 0.717) is 21.6 Å². The number of aromatic amines is 1. The van der Waals surface area contributed by atoms with E-state index in [1.807, 2.05) is 36.4 Å². The van der Waals surface area contributed by atoms with E-state index in [1.54, 1.807) is 53.7 Å². The summed E-state index contributed by atoms with van der Waals surface area (Å²) in [6, 6.07) is 15.1. The van der Waals surface area contributed by atoms with Crippen molar-refractivity contribution in [3.8, 4) is 0 Å². The average Bonchev–Trinajstić information content (AvgIpc) is 3.24. The topological polar surface area (TPSA) is 129 Å². The average molecular weight is 662 g/mol. The highest BCUT2D eigenvalue weighted by Crippen LogP contribution is 2.35. The van der Waals surface area contributed by atoms with Crippen LogP contribution in [0.25, 0.3) is 21.8 Å². The SMILES string of the molecule is CC(C)(C)OC(=O)/N=C(/NCCNc1cc(Cl)cc2c1[nH]c1ccc(Nc3ccc(Cl)c(Cl)c3)cc12)NC(=O)OC(C)(C)C. The van der Waals surface area contributed by atoms with Gasteiger partial charge >= 0.3 is 12.2 Å². The molecule has 4 rings (SSSR count). The fraction of sp³-hybridized carbons (Fsp3) is 0.323. The number of rotatable bonds is 6. The van der Waals surface area contributed by atoms with Gasteiger partial charge < -0.3 is 30.4 Å². The summed E-state index contributed by atoms with van der Waals surface area (Å²) < 4.78 is 10.6. The standard InChI is InChI=1S/C31H35Cl3N6O4/c1-30(2,3)43-28(41)39-27(40-29(42)44-31(4,5)6)36-12-11-35-25-14-17(32)13-21-20-15-18(8-10-24(20)38-26(21)25)37-19-7-9-22(33)23(34)16-19/h7-10,13-16,35,37-38H,11-12H2,1-6H3,(H2,36,39,40,41,42). The van der Waals surface area contributed by atoms with E-state index in [2.05, 4.69) is 31.2 Å². The van der Waals surface area contributed by atoms with Crippen LogP contribution in [0.5, 0.6) is 0 Å². The number of carbonyl (C=O) groups excluding carboxylic acids is 2. The first kappa shape index (κ1) is 33.0. The summed E-state index contributed by atoms with van der Waals surface area (Å²) >= 11 is 18.8. The Morgan fingerprint density at radius 2 is 1.50 bits per heavy atom. The van der Waals surface area contributed by atoms with Crippen LogP contribution in [-0.4, -0.2) is 47.4 Å². The zero-order valence-corrected chi connectivity index (χ0v) is 27.5. The molecule has 0 unspecified atom stereocenters. The Labute approximate surface area is 270 Å². The molecule has 0 radical (unpaired) electrons. The van der Waals surface area contributed by atoms with Gasteiger partial charge in [-0.25, -0.2) is 9.59 Å². The normalized spacial score (nSPS) is 12.2. The van der Waals surface area contributed by atoms with E-state index in [4.69, 9.17) is 44.3 Å². The van der Waals surface area contributed by atoms with Crippen molar-refractivity contribution < 1.29 is 19.1 Å². The van der Waals surface area contributed by atoms with Crippen molar-refractivity contribution in [3.63, 3.8) is 0 Å². The first-order chi connectivity index (χ1) is 20.6. The molecule has 13 heteroatoms. The van der Waals surface area contributed by atoms with Gasteiger partial charge in [-0.3, -0.25) is 5.32 Å². The van der Waals surface area contributed by atoms with E-state index in [9.17, 15) is 9.59 Å². The molecule has 0 aliphatic heterocycles.